The van der Waals surface area contributed by atoms with Crippen LogP contribution >= 0.6 is 0 Å². The number of ether oxygens (including phenoxy) is 1. The van der Waals surface area contributed by atoms with Crippen molar-refractivity contribution < 1.29 is 9.53 Å². The van der Waals surface area contributed by atoms with Crippen LogP contribution in [0.15, 0.2) is 18.2 Å². The number of carbonyl (C=O) groups excluding carboxylic acids is 1. The van der Waals surface area contributed by atoms with Crippen molar-refractivity contribution >= 4 is 5.78 Å². The molecule has 0 spiro atoms. The molecule has 1 aliphatic carbocycles. The van der Waals surface area contributed by atoms with Gasteiger partial charge in [-0.15, -0.1) is 0 Å². The lowest BCUT2D eigenvalue weighted by Gasteiger charge is -2.27. The lowest BCUT2D eigenvalue weighted by atomic mass is 9.76. The van der Waals surface area contributed by atoms with Crippen LogP contribution in [0.2, 0.25) is 0 Å². The zero-order valence-electron chi connectivity index (χ0n) is 12.2. The Morgan fingerprint density at radius 3 is 2.79 bits per heavy atom. The number of hydrogen-bond acceptors (Lipinski definition) is 2. The van der Waals surface area contributed by atoms with Gasteiger partial charge in [0.05, 0.1) is 7.11 Å². The second-order valence-electron chi connectivity index (χ2n) is 5.68. The van der Waals surface area contributed by atoms with E-state index < -0.39 is 0 Å². The molecule has 2 unspecified atom stereocenters. The van der Waals surface area contributed by atoms with Crippen molar-refractivity contribution in [2.75, 3.05) is 7.11 Å². The minimum atomic E-state index is 0.228. The van der Waals surface area contributed by atoms with Crippen LogP contribution in [0.3, 0.4) is 0 Å². The van der Waals surface area contributed by atoms with Crippen LogP contribution in [0.25, 0.3) is 0 Å². The highest BCUT2D eigenvalue weighted by molar-refractivity contribution is 5.99. The van der Waals surface area contributed by atoms with E-state index in [1.54, 1.807) is 7.11 Å². The van der Waals surface area contributed by atoms with E-state index in [2.05, 4.69) is 6.92 Å². The van der Waals surface area contributed by atoms with Gasteiger partial charge in [0.25, 0.3) is 0 Å². The molecule has 1 aromatic carbocycles. The van der Waals surface area contributed by atoms with E-state index in [-0.39, 0.29) is 5.92 Å². The molecule has 2 rings (SSSR count). The molecule has 1 aliphatic rings. The highest BCUT2D eigenvalue weighted by atomic mass is 16.5. The van der Waals surface area contributed by atoms with Crippen molar-refractivity contribution in [3.05, 3.63) is 29.3 Å². The van der Waals surface area contributed by atoms with Crippen molar-refractivity contribution in [1.29, 1.82) is 0 Å². The van der Waals surface area contributed by atoms with E-state index in [0.29, 0.717) is 5.78 Å². The number of benzene rings is 1. The molecule has 0 amide bonds. The summed E-state index contributed by atoms with van der Waals surface area (Å²) in [5.74, 6) is 2.12. The summed E-state index contributed by atoms with van der Waals surface area (Å²) >= 11 is 0. The van der Waals surface area contributed by atoms with Crippen LogP contribution < -0.4 is 4.74 Å². The third-order valence-electron chi connectivity index (χ3n) is 4.43. The number of methoxy groups -OCH3 is 1. The molecule has 1 saturated carbocycles. The lowest BCUT2D eigenvalue weighted by Crippen LogP contribution is -2.23. The Morgan fingerprint density at radius 1 is 1.37 bits per heavy atom. The summed E-state index contributed by atoms with van der Waals surface area (Å²) in [7, 11) is 1.66. The molecule has 0 radical (unpaired) electrons. The Morgan fingerprint density at radius 2 is 2.16 bits per heavy atom. The number of ketones is 1. The number of aryl methyl sites for hydroxylation is 1. The van der Waals surface area contributed by atoms with E-state index in [9.17, 15) is 4.79 Å². The molecule has 2 nitrogen and oxygen atoms in total. The maximum absolute atomic E-state index is 12.6. The molecule has 0 N–H and O–H groups in total. The van der Waals surface area contributed by atoms with Crippen LogP contribution in [0.4, 0.5) is 0 Å². The van der Waals surface area contributed by atoms with Crippen LogP contribution in [0.1, 0.15) is 54.9 Å². The van der Waals surface area contributed by atoms with E-state index >= 15 is 0 Å². The number of carbonyl (C=O) groups is 1. The van der Waals surface area contributed by atoms with Crippen LogP contribution in [-0.4, -0.2) is 12.9 Å². The summed E-state index contributed by atoms with van der Waals surface area (Å²) in [5.41, 5.74) is 1.91. The molecule has 19 heavy (non-hydrogen) atoms. The summed E-state index contributed by atoms with van der Waals surface area (Å²) in [5, 5.41) is 0. The lowest BCUT2D eigenvalue weighted by molar-refractivity contribution is 0.0861. The maximum atomic E-state index is 12.6. The largest absolute Gasteiger partial charge is 0.497 e. The van der Waals surface area contributed by atoms with Crippen molar-refractivity contribution in [3.8, 4) is 5.75 Å². The molecule has 0 aromatic heterocycles. The molecule has 104 valence electrons. The van der Waals surface area contributed by atoms with E-state index in [0.717, 1.165) is 35.6 Å². The van der Waals surface area contributed by atoms with Gasteiger partial charge in [-0.25, -0.2) is 0 Å². The van der Waals surface area contributed by atoms with Gasteiger partial charge in [-0.3, -0.25) is 4.79 Å². The normalized spacial score (nSPS) is 23.1. The van der Waals surface area contributed by atoms with Gasteiger partial charge in [0, 0.05) is 11.5 Å². The molecular weight excluding hydrogens is 236 g/mol. The first-order chi connectivity index (χ1) is 9.15. The van der Waals surface area contributed by atoms with E-state index in [4.69, 9.17) is 4.74 Å². The smallest absolute Gasteiger partial charge is 0.166 e. The molecule has 1 aromatic rings. The molecule has 1 fully saturated rings. The molecular formula is C17H24O2. The second kappa shape index (κ2) is 6.23. The predicted molar refractivity (Wildman–Crippen MR) is 77.8 cm³/mol. The summed E-state index contributed by atoms with van der Waals surface area (Å²) in [6, 6.07) is 5.76. The summed E-state index contributed by atoms with van der Waals surface area (Å²) in [4.78, 5) is 12.6. The third-order valence-corrected chi connectivity index (χ3v) is 4.43. The van der Waals surface area contributed by atoms with Gasteiger partial charge in [0.2, 0.25) is 0 Å². The molecule has 2 heteroatoms. The Balaban J connectivity index is 2.15. The molecule has 0 heterocycles. The van der Waals surface area contributed by atoms with Gasteiger partial charge in [-0.1, -0.05) is 26.2 Å². The Bertz CT molecular complexity index is 451. The number of rotatable bonds is 4. The Labute approximate surface area is 116 Å². The first-order valence-electron chi connectivity index (χ1n) is 7.34. The molecule has 0 bridgehead atoms. The van der Waals surface area contributed by atoms with Crippen LogP contribution in [0, 0.1) is 18.8 Å². The Hall–Kier alpha value is -1.31. The molecule has 0 aliphatic heterocycles. The van der Waals surface area contributed by atoms with Gasteiger partial charge in [0.1, 0.15) is 5.75 Å². The SMILES string of the molecule is CCC1CCCC(C(=O)c2ccc(OC)cc2C)C1. The van der Waals surface area contributed by atoms with E-state index in [1.807, 2.05) is 25.1 Å². The average Bonchev–Trinajstić information content (AvgIpc) is 2.46. The van der Waals surface area contributed by atoms with Gasteiger partial charge >= 0.3 is 0 Å². The predicted octanol–water partition coefficient (Wildman–Crippen LogP) is 4.40. The average molecular weight is 260 g/mol. The summed E-state index contributed by atoms with van der Waals surface area (Å²) in [6.07, 6.45) is 5.82. The van der Waals surface area contributed by atoms with Crippen molar-refractivity contribution in [2.45, 2.75) is 46.0 Å². The monoisotopic (exact) mass is 260 g/mol. The third kappa shape index (κ3) is 3.17. The minimum Gasteiger partial charge on any atom is -0.497 e. The fraction of sp³-hybridized carbons (Fsp3) is 0.588. The highest BCUT2D eigenvalue weighted by Gasteiger charge is 2.27. The summed E-state index contributed by atoms with van der Waals surface area (Å²) in [6.45, 7) is 4.23. The zero-order valence-corrected chi connectivity index (χ0v) is 12.2. The first kappa shape index (κ1) is 14.1. The number of hydrogen-bond donors (Lipinski definition) is 0. The quantitative estimate of drug-likeness (QED) is 0.750. The molecule has 2 atom stereocenters. The van der Waals surface area contributed by atoms with Crippen molar-refractivity contribution in [2.24, 2.45) is 11.8 Å². The fourth-order valence-electron chi connectivity index (χ4n) is 3.16. The minimum absolute atomic E-state index is 0.228. The first-order valence-corrected chi connectivity index (χ1v) is 7.34. The maximum Gasteiger partial charge on any atom is 0.166 e. The van der Waals surface area contributed by atoms with Gasteiger partial charge in [-0.2, -0.15) is 0 Å². The second-order valence-corrected chi connectivity index (χ2v) is 5.68. The van der Waals surface area contributed by atoms with Gasteiger partial charge in [-0.05, 0) is 49.4 Å². The Kier molecular flexibility index (Phi) is 4.62. The van der Waals surface area contributed by atoms with Crippen LogP contribution in [0.5, 0.6) is 5.75 Å². The topological polar surface area (TPSA) is 26.3 Å². The van der Waals surface area contributed by atoms with Crippen molar-refractivity contribution in [3.63, 3.8) is 0 Å². The van der Waals surface area contributed by atoms with E-state index in [1.165, 1.54) is 19.3 Å². The van der Waals surface area contributed by atoms with Crippen molar-refractivity contribution in [1.82, 2.24) is 0 Å². The fourth-order valence-corrected chi connectivity index (χ4v) is 3.16. The zero-order chi connectivity index (χ0) is 13.8. The van der Waals surface area contributed by atoms with Gasteiger partial charge < -0.3 is 4.74 Å². The summed E-state index contributed by atoms with van der Waals surface area (Å²) < 4.78 is 5.20. The standard InChI is InChI=1S/C17H24O2/c1-4-13-6-5-7-14(11-13)17(18)16-9-8-15(19-3)10-12(16)2/h8-10,13-14H,4-7,11H2,1-3H3. The van der Waals surface area contributed by atoms with Crippen LogP contribution in [-0.2, 0) is 0 Å². The number of Topliss-reactive ketones (excluding diaryl/α,β-unsaturated/α-hetero) is 1. The molecule has 0 saturated heterocycles. The van der Waals surface area contributed by atoms with Gasteiger partial charge in [0.15, 0.2) is 5.78 Å². The highest BCUT2D eigenvalue weighted by Crippen LogP contribution is 2.33.